The Morgan fingerprint density at radius 3 is 2.16 bits per heavy atom. The Bertz CT molecular complexity index is 1040. The molecule has 1 aliphatic rings. The molecule has 0 atom stereocenters. The van der Waals surface area contributed by atoms with Crippen LogP contribution in [0.3, 0.4) is 0 Å². The largest absolute Gasteiger partial charge is 0.496 e. The molecule has 0 N–H and O–H groups in total. The molecule has 7 nitrogen and oxygen atoms in total. The number of aryl methyl sites for hydroxylation is 2. The Morgan fingerprint density at radius 1 is 1.06 bits per heavy atom. The molecule has 1 aliphatic heterocycles. The number of nitrogens with zero attached hydrogens (tertiary/aromatic N) is 3. The highest BCUT2D eigenvalue weighted by atomic mass is 32.2. The first-order valence-electron chi connectivity index (χ1n) is 10.5. The summed E-state index contributed by atoms with van der Waals surface area (Å²) in [5, 5.41) is 0. The highest BCUT2D eigenvalue weighted by Gasteiger charge is 2.30. The molecule has 0 aliphatic carbocycles. The maximum absolute atomic E-state index is 13.1. The second-order valence-electron chi connectivity index (χ2n) is 8.17. The van der Waals surface area contributed by atoms with Crippen molar-refractivity contribution in [3.8, 4) is 5.75 Å². The van der Waals surface area contributed by atoms with Gasteiger partial charge in [-0.25, -0.2) is 12.8 Å². The molecule has 0 spiro atoms. The van der Waals surface area contributed by atoms with Crippen LogP contribution in [0.1, 0.15) is 16.7 Å². The van der Waals surface area contributed by atoms with Crippen LogP contribution in [0.4, 0.5) is 4.39 Å². The van der Waals surface area contributed by atoms with Crippen LogP contribution in [0, 0.1) is 19.7 Å². The SMILES string of the molecule is COc1c(C)cc(CN(C)CC(=O)N2CCN(S(=O)(=O)c3ccc(F)cc3)CC2)cc1C. The lowest BCUT2D eigenvalue weighted by Crippen LogP contribution is -2.52. The van der Waals surface area contributed by atoms with Gasteiger partial charge in [0.05, 0.1) is 18.6 Å². The van der Waals surface area contributed by atoms with Crippen LogP contribution in [0.5, 0.6) is 5.75 Å². The van der Waals surface area contributed by atoms with E-state index in [9.17, 15) is 17.6 Å². The van der Waals surface area contributed by atoms with Crippen molar-refractivity contribution in [3.05, 3.63) is 58.9 Å². The highest BCUT2D eigenvalue weighted by molar-refractivity contribution is 7.89. The van der Waals surface area contributed by atoms with Crippen molar-refractivity contribution in [1.29, 1.82) is 0 Å². The summed E-state index contributed by atoms with van der Waals surface area (Å²) in [5.41, 5.74) is 3.22. The quantitative estimate of drug-likeness (QED) is 0.631. The normalized spacial score (nSPS) is 15.2. The summed E-state index contributed by atoms with van der Waals surface area (Å²) in [4.78, 5) is 16.5. The lowest BCUT2D eigenvalue weighted by Gasteiger charge is -2.34. The highest BCUT2D eigenvalue weighted by Crippen LogP contribution is 2.25. The van der Waals surface area contributed by atoms with Crippen molar-refractivity contribution in [2.45, 2.75) is 25.3 Å². The number of piperazine rings is 1. The molecule has 1 heterocycles. The topological polar surface area (TPSA) is 70.2 Å². The van der Waals surface area contributed by atoms with E-state index in [4.69, 9.17) is 4.74 Å². The summed E-state index contributed by atoms with van der Waals surface area (Å²) in [5.74, 6) is 0.359. The zero-order chi connectivity index (χ0) is 23.5. The molecule has 0 saturated carbocycles. The minimum Gasteiger partial charge on any atom is -0.496 e. The smallest absolute Gasteiger partial charge is 0.243 e. The number of amides is 1. The third-order valence-corrected chi connectivity index (χ3v) is 7.54. The summed E-state index contributed by atoms with van der Waals surface area (Å²) in [6.07, 6.45) is 0. The summed E-state index contributed by atoms with van der Waals surface area (Å²) in [6, 6.07) is 8.92. The van der Waals surface area contributed by atoms with Crippen molar-refractivity contribution in [2.75, 3.05) is 46.9 Å². The van der Waals surface area contributed by atoms with Crippen molar-refractivity contribution in [1.82, 2.24) is 14.1 Å². The van der Waals surface area contributed by atoms with Gasteiger partial charge in [0.2, 0.25) is 15.9 Å². The van der Waals surface area contributed by atoms with Crippen molar-refractivity contribution < 1.29 is 22.3 Å². The number of hydrogen-bond acceptors (Lipinski definition) is 5. The summed E-state index contributed by atoms with van der Waals surface area (Å²) >= 11 is 0. The van der Waals surface area contributed by atoms with E-state index in [1.54, 1.807) is 12.0 Å². The predicted molar refractivity (Wildman–Crippen MR) is 121 cm³/mol. The van der Waals surface area contributed by atoms with Crippen LogP contribution in [-0.2, 0) is 21.4 Å². The van der Waals surface area contributed by atoms with Gasteiger partial charge in [-0.2, -0.15) is 4.31 Å². The standard InChI is InChI=1S/C23H30FN3O4S/c1-17-13-19(14-18(2)23(17)31-4)15-25(3)16-22(28)26-9-11-27(12-10-26)32(29,30)21-7-5-20(24)6-8-21/h5-8,13-14H,9-12,15-16H2,1-4H3. The van der Waals surface area contributed by atoms with Crippen LogP contribution in [0.25, 0.3) is 0 Å². The van der Waals surface area contributed by atoms with Crippen LogP contribution in [-0.4, -0.2) is 75.3 Å². The van der Waals surface area contributed by atoms with E-state index in [0.29, 0.717) is 19.6 Å². The van der Waals surface area contributed by atoms with E-state index in [1.165, 1.54) is 16.4 Å². The number of likely N-dealkylation sites (N-methyl/N-ethyl adjacent to an activating group) is 1. The van der Waals surface area contributed by atoms with E-state index in [0.717, 1.165) is 34.6 Å². The van der Waals surface area contributed by atoms with Crippen LogP contribution in [0.15, 0.2) is 41.3 Å². The number of sulfonamides is 1. The fraction of sp³-hybridized carbons (Fsp3) is 0.435. The number of carbonyl (C=O) groups is 1. The third kappa shape index (κ3) is 5.46. The van der Waals surface area contributed by atoms with E-state index < -0.39 is 15.8 Å². The molecule has 0 radical (unpaired) electrons. The zero-order valence-electron chi connectivity index (χ0n) is 19.0. The monoisotopic (exact) mass is 463 g/mol. The van der Waals surface area contributed by atoms with E-state index in [-0.39, 0.29) is 30.4 Å². The van der Waals surface area contributed by atoms with Gasteiger partial charge in [-0.3, -0.25) is 9.69 Å². The molecule has 174 valence electrons. The molecule has 1 amide bonds. The van der Waals surface area contributed by atoms with Crippen LogP contribution in [0.2, 0.25) is 0 Å². The number of rotatable bonds is 7. The molecule has 32 heavy (non-hydrogen) atoms. The maximum atomic E-state index is 13.1. The molecule has 0 aromatic heterocycles. The molecule has 9 heteroatoms. The van der Waals surface area contributed by atoms with Crippen LogP contribution < -0.4 is 4.74 Å². The van der Waals surface area contributed by atoms with Gasteiger partial charge in [-0.05, 0) is 61.9 Å². The van der Waals surface area contributed by atoms with Gasteiger partial charge in [0.15, 0.2) is 0 Å². The lowest BCUT2D eigenvalue weighted by molar-refractivity contribution is -0.133. The second kappa shape index (κ2) is 9.97. The first-order valence-corrected chi connectivity index (χ1v) is 11.9. The Kier molecular flexibility index (Phi) is 7.53. The Morgan fingerprint density at radius 2 is 1.62 bits per heavy atom. The van der Waals surface area contributed by atoms with Crippen molar-refractivity contribution >= 4 is 15.9 Å². The molecule has 1 saturated heterocycles. The number of hydrogen-bond donors (Lipinski definition) is 0. The summed E-state index contributed by atoms with van der Waals surface area (Å²) < 4.78 is 45.3. The number of methoxy groups -OCH3 is 1. The number of halogens is 1. The molecule has 0 bridgehead atoms. The Labute approximate surface area is 189 Å². The summed E-state index contributed by atoms with van der Waals surface area (Å²) in [7, 11) is -0.149. The summed E-state index contributed by atoms with van der Waals surface area (Å²) in [6.45, 7) is 5.95. The van der Waals surface area contributed by atoms with Gasteiger partial charge in [-0.1, -0.05) is 12.1 Å². The number of benzene rings is 2. The van der Waals surface area contributed by atoms with Crippen molar-refractivity contribution in [2.24, 2.45) is 0 Å². The third-order valence-electron chi connectivity index (χ3n) is 5.62. The fourth-order valence-electron chi connectivity index (χ4n) is 4.09. The molecule has 2 aromatic rings. The molecular weight excluding hydrogens is 433 g/mol. The van der Waals surface area contributed by atoms with Gasteiger partial charge in [0.25, 0.3) is 0 Å². The average Bonchev–Trinajstić information content (AvgIpc) is 2.74. The van der Waals surface area contributed by atoms with Gasteiger partial charge < -0.3 is 9.64 Å². The molecule has 3 rings (SSSR count). The van der Waals surface area contributed by atoms with Crippen molar-refractivity contribution in [3.63, 3.8) is 0 Å². The average molecular weight is 464 g/mol. The molecular formula is C23H30FN3O4S. The minimum atomic E-state index is -3.70. The molecule has 0 unspecified atom stereocenters. The van der Waals surface area contributed by atoms with E-state index >= 15 is 0 Å². The maximum Gasteiger partial charge on any atom is 0.243 e. The van der Waals surface area contributed by atoms with E-state index in [1.807, 2.05) is 25.8 Å². The Hall–Kier alpha value is -2.49. The van der Waals surface area contributed by atoms with Gasteiger partial charge in [0, 0.05) is 32.7 Å². The first-order chi connectivity index (χ1) is 15.1. The van der Waals surface area contributed by atoms with Gasteiger partial charge in [-0.15, -0.1) is 0 Å². The Balaban J connectivity index is 1.54. The van der Waals surface area contributed by atoms with Crippen LogP contribution >= 0.6 is 0 Å². The first kappa shape index (κ1) is 24.2. The zero-order valence-corrected chi connectivity index (χ0v) is 19.8. The number of carbonyl (C=O) groups excluding carboxylic acids is 1. The van der Waals surface area contributed by atoms with E-state index in [2.05, 4.69) is 12.1 Å². The fourth-order valence-corrected chi connectivity index (χ4v) is 5.51. The van der Waals surface area contributed by atoms with Gasteiger partial charge >= 0.3 is 0 Å². The molecule has 1 fully saturated rings. The minimum absolute atomic E-state index is 0.0340. The van der Waals surface area contributed by atoms with Gasteiger partial charge in [0.1, 0.15) is 11.6 Å². The lowest BCUT2D eigenvalue weighted by atomic mass is 10.1. The predicted octanol–water partition coefficient (Wildman–Crippen LogP) is 2.42. The molecule has 2 aromatic carbocycles. The number of ether oxygens (including phenoxy) is 1. The second-order valence-corrected chi connectivity index (χ2v) is 10.1.